The van der Waals surface area contributed by atoms with Crippen molar-refractivity contribution in [3.8, 4) is 0 Å². The molecule has 0 aliphatic heterocycles. The van der Waals surface area contributed by atoms with Gasteiger partial charge in [-0.2, -0.15) is 0 Å². The van der Waals surface area contributed by atoms with Crippen LogP contribution in [0.5, 0.6) is 0 Å². The van der Waals surface area contributed by atoms with Crippen LogP contribution in [-0.4, -0.2) is 13.1 Å². The van der Waals surface area contributed by atoms with E-state index in [9.17, 15) is 0 Å². The first-order valence-electron chi connectivity index (χ1n) is 4.75. The van der Waals surface area contributed by atoms with Gasteiger partial charge < -0.3 is 5.32 Å². The van der Waals surface area contributed by atoms with Gasteiger partial charge in [-0.05, 0) is 31.2 Å². The molecule has 1 N–H and O–H groups in total. The van der Waals surface area contributed by atoms with Crippen LogP contribution < -0.4 is 5.32 Å². The molecular formula is C10H21N. The molecule has 0 aromatic rings. The minimum Gasteiger partial charge on any atom is -0.317 e. The second kappa shape index (κ2) is 3.14. The van der Waals surface area contributed by atoms with Crippen LogP contribution in [0.2, 0.25) is 0 Å². The van der Waals surface area contributed by atoms with Crippen LogP contribution in [0.4, 0.5) is 0 Å². The first kappa shape index (κ1) is 9.05. The Morgan fingerprint density at radius 1 is 1.36 bits per heavy atom. The van der Waals surface area contributed by atoms with E-state index in [0.717, 1.165) is 12.0 Å². The Balaban J connectivity index is 2.60. The standard InChI is InChI=1S/C10H21N/c1-8-9(11-4)6-5-7-10(8,2)3/h8-9,11H,5-7H2,1-4H3. The van der Waals surface area contributed by atoms with Crippen molar-refractivity contribution in [2.45, 2.75) is 46.1 Å². The van der Waals surface area contributed by atoms with Crippen LogP contribution in [-0.2, 0) is 0 Å². The Kier molecular flexibility index (Phi) is 2.58. The first-order valence-corrected chi connectivity index (χ1v) is 4.75. The van der Waals surface area contributed by atoms with E-state index in [-0.39, 0.29) is 0 Å². The third kappa shape index (κ3) is 1.76. The molecule has 0 radical (unpaired) electrons. The Labute approximate surface area is 70.6 Å². The number of rotatable bonds is 1. The van der Waals surface area contributed by atoms with E-state index in [1.54, 1.807) is 0 Å². The highest BCUT2D eigenvalue weighted by Gasteiger charge is 2.34. The summed E-state index contributed by atoms with van der Waals surface area (Å²) in [5.74, 6) is 0.821. The van der Waals surface area contributed by atoms with Gasteiger partial charge in [0.2, 0.25) is 0 Å². The Morgan fingerprint density at radius 2 is 2.00 bits per heavy atom. The van der Waals surface area contributed by atoms with Crippen molar-refractivity contribution in [2.24, 2.45) is 11.3 Å². The highest BCUT2D eigenvalue weighted by atomic mass is 14.9. The molecular weight excluding hydrogens is 134 g/mol. The van der Waals surface area contributed by atoms with E-state index in [4.69, 9.17) is 0 Å². The summed E-state index contributed by atoms with van der Waals surface area (Å²) < 4.78 is 0. The molecule has 0 heterocycles. The third-order valence-corrected chi connectivity index (χ3v) is 3.54. The van der Waals surface area contributed by atoms with Crippen molar-refractivity contribution in [1.82, 2.24) is 5.32 Å². The van der Waals surface area contributed by atoms with Crippen molar-refractivity contribution in [3.63, 3.8) is 0 Å². The monoisotopic (exact) mass is 155 g/mol. The van der Waals surface area contributed by atoms with Crippen LogP contribution in [0.15, 0.2) is 0 Å². The molecule has 2 atom stereocenters. The quantitative estimate of drug-likeness (QED) is 0.613. The minimum absolute atomic E-state index is 0.548. The molecule has 66 valence electrons. The van der Waals surface area contributed by atoms with E-state index >= 15 is 0 Å². The fraction of sp³-hybridized carbons (Fsp3) is 1.00. The molecule has 1 rings (SSSR count). The van der Waals surface area contributed by atoms with Crippen molar-refractivity contribution in [1.29, 1.82) is 0 Å². The van der Waals surface area contributed by atoms with Gasteiger partial charge in [-0.25, -0.2) is 0 Å². The number of hydrogen-bond donors (Lipinski definition) is 1. The van der Waals surface area contributed by atoms with Gasteiger partial charge in [-0.15, -0.1) is 0 Å². The largest absolute Gasteiger partial charge is 0.317 e. The first-order chi connectivity index (χ1) is 5.08. The van der Waals surface area contributed by atoms with Crippen LogP contribution in [0, 0.1) is 11.3 Å². The fourth-order valence-electron chi connectivity index (χ4n) is 2.19. The lowest BCUT2D eigenvalue weighted by Crippen LogP contribution is -2.43. The lowest BCUT2D eigenvalue weighted by molar-refractivity contribution is 0.116. The second-order valence-electron chi connectivity index (χ2n) is 4.56. The summed E-state index contributed by atoms with van der Waals surface area (Å²) in [5.41, 5.74) is 0.548. The summed E-state index contributed by atoms with van der Waals surface area (Å²) in [7, 11) is 2.09. The molecule has 0 amide bonds. The summed E-state index contributed by atoms with van der Waals surface area (Å²) in [6.07, 6.45) is 4.15. The number of hydrogen-bond acceptors (Lipinski definition) is 1. The smallest absolute Gasteiger partial charge is 0.00947 e. The average molecular weight is 155 g/mol. The highest BCUT2D eigenvalue weighted by Crippen LogP contribution is 2.39. The molecule has 1 saturated carbocycles. The van der Waals surface area contributed by atoms with Crippen LogP contribution in [0.25, 0.3) is 0 Å². The Bertz CT molecular complexity index is 129. The highest BCUT2D eigenvalue weighted by molar-refractivity contribution is 4.88. The maximum atomic E-state index is 3.41. The van der Waals surface area contributed by atoms with Gasteiger partial charge in [0.25, 0.3) is 0 Å². The van der Waals surface area contributed by atoms with Crippen LogP contribution in [0.3, 0.4) is 0 Å². The van der Waals surface area contributed by atoms with Crippen molar-refractivity contribution >= 4 is 0 Å². The van der Waals surface area contributed by atoms with Gasteiger partial charge in [-0.1, -0.05) is 27.2 Å². The van der Waals surface area contributed by atoms with Gasteiger partial charge >= 0.3 is 0 Å². The summed E-state index contributed by atoms with van der Waals surface area (Å²) in [4.78, 5) is 0. The van der Waals surface area contributed by atoms with Gasteiger partial charge in [-0.3, -0.25) is 0 Å². The van der Waals surface area contributed by atoms with Crippen molar-refractivity contribution < 1.29 is 0 Å². The summed E-state index contributed by atoms with van der Waals surface area (Å²) in [5, 5.41) is 3.41. The molecule has 0 aromatic heterocycles. The van der Waals surface area contributed by atoms with Gasteiger partial charge in [0.05, 0.1) is 0 Å². The Hall–Kier alpha value is -0.0400. The zero-order valence-electron chi connectivity index (χ0n) is 8.28. The normalized spacial score (nSPS) is 37.1. The molecule has 0 aromatic carbocycles. The lowest BCUT2D eigenvalue weighted by Gasteiger charge is -2.42. The van der Waals surface area contributed by atoms with Crippen molar-refractivity contribution in [3.05, 3.63) is 0 Å². The van der Waals surface area contributed by atoms with E-state index in [1.165, 1.54) is 19.3 Å². The second-order valence-corrected chi connectivity index (χ2v) is 4.56. The molecule has 11 heavy (non-hydrogen) atoms. The van der Waals surface area contributed by atoms with E-state index in [1.807, 2.05) is 0 Å². The molecule has 1 aliphatic carbocycles. The average Bonchev–Trinajstić information content (AvgIpc) is 1.95. The Morgan fingerprint density at radius 3 is 2.45 bits per heavy atom. The van der Waals surface area contributed by atoms with Crippen LogP contribution in [0.1, 0.15) is 40.0 Å². The van der Waals surface area contributed by atoms with E-state index in [0.29, 0.717) is 5.41 Å². The van der Waals surface area contributed by atoms with Gasteiger partial charge in [0.15, 0.2) is 0 Å². The summed E-state index contributed by atoms with van der Waals surface area (Å²) in [6.45, 7) is 7.16. The molecule has 0 spiro atoms. The zero-order chi connectivity index (χ0) is 8.48. The predicted octanol–water partition coefficient (Wildman–Crippen LogP) is 2.42. The maximum Gasteiger partial charge on any atom is 0.00947 e. The topological polar surface area (TPSA) is 12.0 Å². The van der Waals surface area contributed by atoms with E-state index in [2.05, 4.69) is 33.1 Å². The molecule has 2 unspecified atom stereocenters. The third-order valence-electron chi connectivity index (χ3n) is 3.54. The maximum absolute atomic E-state index is 3.41. The zero-order valence-corrected chi connectivity index (χ0v) is 8.28. The van der Waals surface area contributed by atoms with Crippen molar-refractivity contribution in [2.75, 3.05) is 7.05 Å². The molecule has 1 fully saturated rings. The van der Waals surface area contributed by atoms with Gasteiger partial charge in [0, 0.05) is 6.04 Å². The molecule has 1 aliphatic rings. The fourth-order valence-corrected chi connectivity index (χ4v) is 2.19. The molecule has 0 bridgehead atoms. The van der Waals surface area contributed by atoms with Gasteiger partial charge in [0.1, 0.15) is 0 Å². The molecule has 1 heteroatoms. The molecule has 1 nitrogen and oxygen atoms in total. The SMILES string of the molecule is CNC1CCCC(C)(C)C1C. The molecule has 0 saturated heterocycles. The summed E-state index contributed by atoms with van der Waals surface area (Å²) >= 11 is 0. The lowest BCUT2D eigenvalue weighted by atomic mass is 9.67. The number of nitrogens with one attached hydrogen (secondary N) is 1. The predicted molar refractivity (Wildman–Crippen MR) is 49.6 cm³/mol. The summed E-state index contributed by atoms with van der Waals surface area (Å²) in [6, 6.07) is 0.749. The minimum atomic E-state index is 0.548. The van der Waals surface area contributed by atoms with E-state index < -0.39 is 0 Å². The van der Waals surface area contributed by atoms with Crippen LogP contribution >= 0.6 is 0 Å².